The van der Waals surface area contributed by atoms with Crippen molar-refractivity contribution in [2.45, 2.75) is 44.7 Å². The minimum Gasteiger partial charge on any atom is -0.456 e. The fourth-order valence-corrected chi connectivity index (χ4v) is 4.53. The van der Waals surface area contributed by atoms with E-state index in [2.05, 4.69) is 10.3 Å². The molecule has 0 spiro atoms. The summed E-state index contributed by atoms with van der Waals surface area (Å²) in [6.07, 6.45) is 4.24. The van der Waals surface area contributed by atoms with Crippen LogP contribution in [0, 0.1) is 5.82 Å². The van der Waals surface area contributed by atoms with E-state index in [0.717, 1.165) is 0 Å². The van der Waals surface area contributed by atoms with E-state index in [4.69, 9.17) is 9.47 Å². The fraction of sp³-hybridized carbons (Fsp3) is 0.522. The van der Waals surface area contributed by atoms with Gasteiger partial charge in [-0.15, -0.1) is 5.10 Å². The molecule has 2 aromatic rings. The maximum Gasteiger partial charge on any atom is 0.303 e. The number of rotatable bonds is 8. The lowest BCUT2D eigenvalue weighted by molar-refractivity contribution is -0.150. The van der Waals surface area contributed by atoms with Gasteiger partial charge in [0.15, 0.2) is 19.1 Å². The number of halogens is 1. The number of piperidine rings is 1. The molecule has 2 atom stereocenters. The molecule has 2 saturated heterocycles. The Kier molecular flexibility index (Phi) is 7.59. The van der Waals surface area contributed by atoms with E-state index in [9.17, 15) is 14.4 Å². The average molecular weight is 489 g/mol. The zero-order valence-corrected chi connectivity index (χ0v) is 19.7. The van der Waals surface area contributed by atoms with E-state index in [1.54, 1.807) is 46.1 Å². The average Bonchev–Trinajstić information content (AvgIpc) is 3.52. The quantitative estimate of drug-likeness (QED) is 0.394. The zero-order valence-electron chi connectivity index (χ0n) is 19.7. The summed E-state index contributed by atoms with van der Waals surface area (Å²) < 4.78 is 27.4. The van der Waals surface area contributed by atoms with Crippen molar-refractivity contribution >= 4 is 29.5 Å². The first kappa shape index (κ1) is 24.6. The van der Waals surface area contributed by atoms with Crippen molar-refractivity contribution in [2.75, 3.05) is 43.1 Å². The number of hydrogen-bond acceptors (Lipinski definition) is 9. The normalized spacial score (nSPS) is 20.7. The number of amides is 1. The zero-order chi connectivity index (χ0) is 24.9. The van der Waals surface area contributed by atoms with E-state index in [0.29, 0.717) is 56.7 Å². The first-order valence-electron chi connectivity index (χ1n) is 11.5. The highest BCUT2D eigenvalue weighted by atomic mass is 19.1. The molecule has 2 aliphatic rings. The number of likely N-dealkylation sites (N-methyl/N-ethyl adjacent to an activating group) is 1. The van der Waals surface area contributed by atoms with Crippen LogP contribution in [0.2, 0.25) is 0 Å². The second kappa shape index (κ2) is 10.8. The SMILES string of the molecule is CC(=O)OCC(=O)N(C)C1CCN(c2ccc(N3C[C@H](Cn4ccnn4)OC3C=O)cc2F)CC1. The van der Waals surface area contributed by atoms with Crippen molar-refractivity contribution in [1.29, 1.82) is 0 Å². The Morgan fingerprint density at radius 1 is 1.31 bits per heavy atom. The molecule has 188 valence electrons. The minimum absolute atomic E-state index is 0.00587. The summed E-state index contributed by atoms with van der Waals surface area (Å²) in [4.78, 5) is 40.0. The van der Waals surface area contributed by atoms with E-state index >= 15 is 4.39 Å². The van der Waals surface area contributed by atoms with Crippen molar-refractivity contribution in [3.63, 3.8) is 0 Å². The minimum atomic E-state index is -0.801. The highest BCUT2D eigenvalue weighted by Crippen LogP contribution is 2.31. The van der Waals surface area contributed by atoms with Gasteiger partial charge in [-0.05, 0) is 31.0 Å². The van der Waals surface area contributed by atoms with Gasteiger partial charge in [-0.3, -0.25) is 14.4 Å². The number of nitrogens with zero attached hydrogens (tertiary/aromatic N) is 6. The van der Waals surface area contributed by atoms with E-state index in [-0.39, 0.29) is 30.5 Å². The number of anilines is 2. The van der Waals surface area contributed by atoms with Crippen molar-refractivity contribution in [3.05, 3.63) is 36.4 Å². The summed E-state index contributed by atoms with van der Waals surface area (Å²) in [5.74, 6) is -1.13. The largest absolute Gasteiger partial charge is 0.456 e. The molecule has 0 bridgehead atoms. The van der Waals surface area contributed by atoms with Crippen LogP contribution in [0.25, 0.3) is 0 Å². The molecular formula is C23H29FN6O5. The number of benzene rings is 1. The summed E-state index contributed by atoms with van der Waals surface area (Å²) in [6, 6.07) is 4.92. The highest BCUT2D eigenvalue weighted by molar-refractivity contribution is 5.80. The van der Waals surface area contributed by atoms with E-state index in [1.807, 2.05) is 4.90 Å². The third kappa shape index (κ3) is 5.76. The van der Waals surface area contributed by atoms with Gasteiger partial charge in [-0.2, -0.15) is 0 Å². The summed E-state index contributed by atoms with van der Waals surface area (Å²) in [5, 5.41) is 7.69. The molecule has 1 amide bonds. The molecule has 1 aromatic carbocycles. The number of ether oxygens (including phenoxy) is 2. The predicted molar refractivity (Wildman–Crippen MR) is 123 cm³/mol. The summed E-state index contributed by atoms with van der Waals surface area (Å²) in [7, 11) is 1.69. The molecule has 0 aliphatic carbocycles. The lowest BCUT2D eigenvalue weighted by Crippen LogP contribution is -2.47. The Labute approximate surface area is 202 Å². The second-order valence-electron chi connectivity index (χ2n) is 8.70. The Balaban J connectivity index is 1.36. The van der Waals surface area contributed by atoms with Gasteiger partial charge in [0.2, 0.25) is 0 Å². The summed E-state index contributed by atoms with van der Waals surface area (Å²) >= 11 is 0. The van der Waals surface area contributed by atoms with Crippen LogP contribution in [0.15, 0.2) is 30.6 Å². The third-order valence-electron chi connectivity index (χ3n) is 6.43. The van der Waals surface area contributed by atoms with Gasteiger partial charge < -0.3 is 24.2 Å². The van der Waals surface area contributed by atoms with Crippen LogP contribution >= 0.6 is 0 Å². The standard InChI is InChI=1S/C23H29FN6O5/c1-16(32)34-15-22(33)27(2)17-5-8-28(9-6-17)21-4-3-18(11-20(21)24)30-13-19(35-23(30)14-31)12-29-10-7-25-26-29/h3-4,7,10-11,14,17,19,23H,5-6,8-9,12-13,15H2,1-2H3/t19-,23?/m0/s1. The maximum absolute atomic E-state index is 15.1. The molecule has 35 heavy (non-hydrogen) atoms. The van der Waals surface area contributed by atoms with Crippen LogP contribution in [0.3, 0.4) is 0 Å². The topological polar surface area (TPSA) is 110 Å². The molecule has 1 unspecified atom stereocenters. The molecular weight excluding hydrogens is 459 g/mol. The molecule has 2 aliphatic heterocycles. The molecule has 4 rings (SSSR count). The molecule has 1 aromatic heterocycles. The second-order valence-corrected chi connectivity index (χ2v) is 8.70. The lowest BCUT2D eigenvalue weighted by Gasteiger charge is -2.38. The first-order valence-corrected chi connectivity index (χ1v) is 11.5. The molecule has 11 nitrogen and oxygen atoms in total. The fourth-order valence-electron chi connectivity index (χ4n) is 4.53. The van der Waals surface area contributed by atoms with E-state index < -0.39 is 12.2 Å². The number of aromatic nitrogens is 3. The summed E-state index contributed by atoms with van der Waals surface area (Å²) in [6.45, 7) is 3.00. The van der Waals surface area contributed by atoms with Crippen LogP contribution < -0.4 is 9.80 Å². The molecule has 0 saturated carbocycles. The monoisotopic (exact) mass is 488 g/mol. The van der Waals surface area contributed by atoms with E-state index in [1.165, 1.54) is 13.0 Å². The van der Waals surface area contributed by atoms with Gasteiger partial charge >= 0.3 is 5.97 Å². The van der Waals surface area contributed by atoms with Crippen LogP contribution in [-0.4, -0.2) is 89.7 Å². The predicted octanol–water partition coefficient (Wildman–Crippen LogP) is 0.838. The number of carbonyl (C=O) groups excluding carboxylic acids is 3. The van der Waals surface area contributed by atoms with Crippen molar-refractivity contribution in [2.24, 2.45) is 0 Å². The van der Waals surface area contributed by atoms with Crippen molar-refractivity contribution < 1.29 is 28.2 Å². The number of carbonyl (C=O) groups is 3. The number of esters is 1. The number of hydrogen-bond donors (Lipinski definition) is 0. The van der Waals surface area contributed by atoms with Crippen molar-refractivity contribution in [1.82, 2.24) is 19.9 Å². The Hall–Kier alpha value is -3.54. The Morgan fingerprint density at radius 3 is 2.71 bits per heavy atom. The van der Waals surface area contributed by atoms with Gasteiger partial charge in [0.1, 0.15) is 5.82 Å². The van der Waals surface area contributed by atoms with Crippen molar-refractivity contribution in [3.8, 4) is 0 Å². The third-order valence-corrected chi connectivity index (χ3v) is 6.43. The van der Waals surface area contributed by atoms with Gasteiger partial charge in [-0.25, -0.2) is 9.07 Å². The number of aldehydes is 1. The Bertz CT molecular complexity index is 1040. The maximum atomic E-state index is 15.1. The van der Waals surface area contributed by atoms with Crippen LogP contribution in [0.5, 0.6) is 0 Å². The molecule has 0 N–H and O–H groups in total. The molecule has 2 fully saturated rings. The lowest BCUT2D eigenvalue weighted by atomic mass is 10.0. The van der Waals surface area contributed by atoms with Gasteiger partial charge in [-0.1, -0.05) is 5.21 Å². The Morgan fingerprint density at radius 2 is 2.09 bits per heavy atom. The van der Waals surface area contributed by atoms with Gasteiger partial charge in [0.25, 0.3) is 5.91 Å². The van der Waals surface area contributed by atoms with Crippen LogP contribution in [0.1, 0.15) is 19.8 Å². The van der Waals surface area contributed by atoms with Gasteiger partial charge in [0, 0.05) is 51.5 Å². The smallest absolute Gasteiger partial charge is 0.303 e. The van der Waals surface area contributed by atoms with Crippen LogP contribution in [0.4, 0.5) is 15.8 Å². The first-order chi connectivity index (χ1) is 16.9. The molecule has 3 heterocycles. The molecule has 12 heteroatoms. The molecule has 0 radical (unpaired) electrons. The highest BCUT2D eigenvalue weighted by Gasteiger charge is 2.34. The summed E-state index contributed by atoms with van der Waals surface area (Å²) in [5.41, 5.74) is 1.04. The van der Waals surface area contributed by atoms with Crippen LogP contribution in [-0.2, 0) is 30.4 Å². The van der Waals surface area contributed by atoms with Gasteiger partial charge in [0.05, 0.1) is 24.5 Å².